The highest BCUT2D eigenvalue weighted by Crippen LogP contribution is 2.24. The highest BCUT2D eigenvalue weighted by molar-refractivity contribution is 9.18. The zero-order chi connectivity index (χ0) is 20.2. The Kier molecular flexibility index (Phi) is 6.98. The topological polar surface area (TPSA) is 88.2 Å². The second-order valence-corrected chi connectivity index (χ2v) is 8.44. The van der Waals surface area contributed by atoms with Crippen LogP contribution in [0.1, 0.15) is 52.9 Å². The number of rotatable bonds is 7. The van der Waals surface area contributed by atoms with Crippen LogP contribution in [-0.4, -0.2) is 33.1 Å². The maximum atomic E-state index is 11.4. The summed E-state index contributed by atoms with van der Waals surface area (Å²) in [7, 11) is 0. The van der Waals surface area contributed by atoms with E-state index in [1.807, 2.05) is 6.07 Å². The Morgan fingerprint density at radius 2 is 1.74 bits per heavy atom. The van der Waals surface area contributed by atoms with Gasteiger partial charge in [-0.25, -0.2) is 0 Å². The van der Waals surface area contributed by atoms with Gasteiger partial charge in [-0.15, -0.1) is 0 Å². The molecule has 27 heavy (non-hydrogen) atoms. The van der Waals surface area contributed by atoms with Crippen LogP contribution in [0.15, 0.2) is 24.3 Å². The number of nitrogens with one attached hydrogen (secondary N) is 2. The number of fused-ring (bicyclic) bond motifs is 1. The summed E-state index contributed by atoms with van der Waals surface area (Å²) in [4.78, 5) is 13.0. The van der Waals surface area contributed by atoms with Crippen LogP contribution in [0.2, 0.25) is 0 Å². The molecule has 6 heteroatoms. The molecule has 0 atom stereocenters. The Morgan fingerprint density at radius 3 is 2.26 bits per heavy atom. The van der Waals surface area contributed by atoms with Crippen LogP contribution in [0.3, 0.4) is 0 Å². The fraction of sp³-hybridized carbons (Fsp3) is 0.476. The Bertz CT molecular complexity index is 874. The Labute approximate surface area is 168 Å². The predicted molar refractivity (Wildman–Crippen MR) is 114 cm³/mol. The van der Waals surface area contributed by atoms with Crippen molar-refractivity contribution in [2.75, 3.05) is 6.54 Å². The molecule has 0 heterocycles. The summed E-state index contributed by atoms with van der Waals surface area (Å²) in [5, 5.41) is 28.3. The molecular weight excluding hydrogens is 406 g/mol. The minimum atomic E-state index is -1.05. The highest BCUT2D eigenvalue weighted by Gasteiger charge is 2.31. The van der Waals surface area contributed by atoms with Crippen molar-refractivity contribution in [1.82, 2.24) is 4.90 Å². The third-order valence-electron chi connectivity index (χ3n) is 5.07. The molecule has 3 N–H and O–H groups in total. The first-order valence-corrected chi connectivity index (χ1v) is 10.1. The van der Waals surface area contributed by atoms with E-state index in [0.29, 0.717) is 6.54 Å². The molecule has 0 spiro atoms. The number of carboxylic acid groups (broad SMARTS) is 1. The van der Waals surface area contributed by atoms with E-state index < -0.39 is 11.4 Å². The molecule has 0 unspecified atom stereocenters. The van der Waals surface area contributed by atoms with Gasteiger partial charge in [0.05, 0.1) is 5.41 Å². The van der Waals surface area contributed by atoms with Gasteiger partial charge in [-0.3, -0.25) is 15.6 Å². The average Bonchev–Trinajstić information content (AvgIpc) is 2.60. The van der Waals surface area contributed by atoms with E-state index in [1.165, 1.54) is 21.6 Å². The van der Waals surface area contributed by atoms with E-state index in [4.69, 9.17) is 10.8 Å². The van der Waals surface area contributed by atoms with E-state index in [0.717, 1.165) is 25.7 Å². The first-order valence-electron chi connectivity index (χ1n) is 9.29. The normalized spacial score (nSPS) is 13.9. The molecule has 1 aromatic rings. The van der Waals surface area contributed by atoms with Crippen LogP contribution in [0.25, 0.3) is 11.1 Å². The number of hydrogen-bond acceptors (Lipinski definition) is 3. The largest absolute Gasteiger partial charge is 0.481 e. The molecule has 146 valence electrons. The predicted octanol–water partition coefficient (Wildman–Crippen LogP) is 3.69. The van der Waals surface area contributed by atoms with Crippen LogP contribution in [0.5, 0.6) is 0 Å². The van der Waals surface area contributed by atoms with Crippen molar-refractivity contribution in [3.8, 4) is 0 Å². The quantitative estimate of drug-likeness (QED) is 0.348. The summed E-state index contributed by atoms with van der Waals surface area (Å²) in [5.74, 6) is -0.805. The van der Waals surface area contributed by atoms with Crippen LogP contribution in [-0.2, 0) is 4.79 Å². The first kappa shape index (κ1) is 21.4. The van der Waals surface area contributed by atoms with Crippen molar-refractivity contribution < 1.29 is 9.90 Å². The SMILES string of the molecule is CCCC1=c2ccccc2=C(CN(C(=N)Br)C(=N)CC(C)(C)C(=O)O)CC1. The fourth-order valence-electron chi connectivity index (χ4n) is 3.46. The van der Waals surface area contributed by atoms with Gasteiger partial charge in [0, 0.05) is 13.0 Å². The lowest BCUT2D eigenvalue weighted by atomic mass is 9.88. The van der Waals surface area contributed by atoms with Crippen LogP contribution < -0.4 is 10.4 Å². The molecular formula is C21H28BrN3O2. The number of halogens is 1. The molecule has 1 aliphatic carbocycles. The lowest BCUT2D eigenvalue weighted by Gasteiger charge is -2.29. The summed E-state index contributed by atoms with van der Waals surface area (Å²) < 4.78 is 0.0852. The Hall–Kier alpha value is -1.95. The molecule has 0 amide bonds. The average molecular weight is 434 g/mol. The van der Waals surface area contributed by atoms with Crippen LogP contribution >= 0.6 is 15.9 Å². The van der Waals surface area contributed by atoms with Gasteiger partial charge in [-0.1, -0.05) is 43.2 Å². The molecule has 0 radical (unpaired) electrons. The summed E-state index contributed by atoms with van der Waals surface area (Å²) in [6, 6.07) is 8.35. The molecule has 0 saturated carbocycles. The number of carboxylic acids is 1. The van der Waals surface area contributed by atoms with Crippen molar-refractivity contribution in [2.24, 2.45) is 5.41 Å². The second-order valence-electron chi connectivity index (χ2n) is 7.69. The van der Waals surface area contributed by atoms with E-state index in [9.17, 15) is 9.90 Å². The summed E-state index contributed by atoms with van der Waals surface area (Å²) in [6.45, 7) is 5.83. The highest BCUT2D eigenvalue weighted by atomic mass is 79.9. The lowest BCUT2D eigenvalue weighted by Crippen LogP contribution is -2.42. The molecule has 0 aromatic heterocycles. The Morgan fingerprint density at radius 1 is 1.19 bits per heavy atom. The third kappa shape index (κ3) is 5.06. The van der Waals surface area contributed by atoms with Gasteiger partial charge >= 0.3 is 5.97 Å². The molecule has 0 saturated heterocycles. The molecule has 0 aliphatic heterocycles. The van der Waals surface area contributed by atoms with Crippen LogP contribution in [0.4, 0.5) is 0 Å². The van der Waals surface area contributed by atoms with E-state index >= 15 is 0 Å². The number of carbonyl (C=O) groups is 1. The molecule has 5 nitrogen and oxygen atoms in total. The van der Waals surface area contributed by atoms with Gasteiger partial charge in [0.15, 0.2) is 4.74 Å². The van der Waals surface area contributed by atoms with Crippen molar-refractivity contribution in [2.45, 2.75) is 52.9 Å². The van der Waals surface area contributed by atoms with Gasteiger partial charge in [-0.05, 0) is 65.1 Å². The smallest absolute Gasteiger partial charge is 0.309 e. The minimum Gasteiger partial charge on any atom is -0.481 e. The summed E-state index contributed by atoms with van der Waals surface area (Å²) in [5.41, 5.74) is 1.61. The van der Waals surface area contributed by atoms with Gasteiger partial charge in [0.25, 0.3) is 0 Å². The van der Waals surface area contributed by atoms with Gasteiger partial charge in [-0.2, -0.15) is 0 Å². The van der Waals surface area contributed by atoms with Gasteiger partial charge < -0.3 is 10.0 Å². The monoisotopic (exact) mass is 433 g/mol. The van der Waals surface area contributed by atoms with Gasteiger partial charge in [0.1, 0.15) is 5.84 Å². The van der Waals surface area contributed by atoms with Crippen molar-refractivity contribution in [3.05, 3.63) is 34.7 Å². The van der Waals surface area contributed by atoms with E-state index in [-0.39, 0.29) is 17.0 Å². The Balaban J connectivity index is 2.40. The zero-order valence-corrected chi connectivity index (χ0v) is 17.8. The zero-order valence-electron chi connectivity index (χ0n) is 16.2. The number of nitrogens with zero attached hydrogens (tertiary/aromatic N) is 1. The maximum absolute atomic E-state index is 11.4. The number of aliphatic carboxylic acids is 1. The van der Waals surface area contributed by atoms with Crippen molar-refractivity contribution >= 4 is 43.6 Å². The van der Waals surface area contributed by atoms with Crippen molar-refractivity contribution in [3.63, 3.8) is 0 Å². The number of benzene rings is 1. The molecule has 0 bridgehead atoms. The van der Waals surface area contributed by atoms with E-state index in [1.54, 1.807) is 18.7 Å². The standard InChI is InChI=1S/C21H28BrN3O2/c1-4-7-14-10-11-15(17-9-6-5-8-16(14)17)13-25(20(22)24)18(23)12-21(2,3)19(26)27/h5-6,8-9,23-24H,4,7,10-13H2,1-3H3,(H,26,27). The summed E-state index contributed by atoms with van der Waals surface area (Å²) >= 11 is 3.19. The third-order valence-corrected chi connectivity index (χ3v) is 5.50. The number of amidine groups is 2. The lowest BCUT2D eigenvalue weighted by molar-refractivity contribution is -0.146. The second kappa shape index (κ2) is 8.83. The molecule has 1 aliphatic rings. The van der Waals surface area contributed by atoms with Gasteiger partial charge in [0.2, 0.25) is 0 Å². The molecule has 1 aromatic carbocycles. The fourth-order valence-corrected chi connectivity index (χ4v) is 3.80. The maximum Gasteiger partial charge on any atom is 0.309 e. The molecule has 0 fully saturated rings. The van der Waals surface area contributed by atoms with Crippen molar-refractivity contribution in [1.29, 1.82) is 10.8 Å². The molecule has 2 rings (SSSR count). The summed E-state index contributed by atoms with van der Waals surface area (Å²) in [6.07, 6.45) is 4.17. The number of hydrogen-bond donors (Lipinski definition) is 3. The first-order chi connectivity index (χ1) is 12.7. The minimum absolute atomic E-state index is 0.0679. The van der Waals surface area contributed by atoms with E-state index in [2.05, 4.69) is 41.1 Å². The van der Waals surface area contributed by atoms with Crippen LogP contribution in [0, 0.1) is 16.2 Å².